The average Bonchev–Trinajstić information content (AvgIpc) is 1.40. The molecular weight excluding hydrogens is 1270 g/mol. The molecule has 3 aromatic carbocycles. The van der Waals surface area contributed by atoms with Gasteiger partial charge in [-0.25, -0.2) is 29.3 Å². The van der Waals surface area contributed by atoms with Gasteiger partial charge in [0.15, 0.2) is 19.8 Å². The van der Waals surface area contributed by atoms with E-state index in [1.807, 2.05) is 18.2 Å². The summed E-state index contributed by atoms with van der Waals surface area (Å²) < 4.78 is 91.4. The number of hydrogen-bond acceptors (Lipinski definition) is 22. The zero-order valence-corrected chi connectivity index (χ0v) is 58.1. The number of methoxy groups -OCH3 is 3. The smallest absolute Gasteiger partial charge is 0.343 e. The van der Waals surface area contributed by atoms with Crippen LogP contribution in [0.25, 0.3) is 0 Å². The lowest BCUT2D eigenvalue weighted by molar-refractivity contribution is -0.143. The maximum atomic E-state index is 14.4. The Kier molecular flexibility index (Phi) is 28.8. The van der Waals surface area contributed by atoms with Crippen LogP contribution in [-0.4, -0.2) is 174 Å². The van der Waals surface area contributed by atoms with Crippen molar-refractivity contribution >= 4 is 56.3 Å². The van der Waals surface area contributed by atoms with Gasteiger partial charge in [-0.1, -0.05) is 41.9 Å². The first-order chi connectivity index (χ1) is 45.6. The van der Waals surface area contributed by atoms with Gasteiger partial charge in [0.05, 0.1) is 58.2 Å². The second-order valence-corrected chi connectivity index (χ2v) is 29.5. The van der Waals surface area contributed by atoms with E-state index in [0.717, 1.165) is 19.3 Å². The fraction of sp³-hybridized carbons (Fsp3) is 0.400. The van der Waals surface area contributed by atoms with Crippen molar-refractivity contribution in [1.29, 1.82) is 0 Å². The number of hydrogen-bond donors (Lipinski definition) is 1. The van der Waals surface area contributed by atoms with Gasteiger partial charge in [-0.2, -0.15) is 0 Å². The fourth-order valence-corrected chi connectivity index (χ4v) is 13.9. The van der Waals surface area contributed by atoms with Crippen LogP contribution in [0, 0.1) is 35.5 Å². The molecule has 0 spiro atoms. The van der Waals surface area contributed by atoms with Gasteiger partial charge in [-0.3, -0.25) is 28.4 Å². The molecular formula is C70H84N7O15P3. The third-order valence-electron chi connectivity index (χ3n) is 14.9. The minimum absolute atomic E-state index is 0.113. The minimum Gasteiger partial charge on any atom is -0.482 e. The third kappa shape index (κ3) is 24.0. The Morgan fingerprint density at radius 1 is 0.463 bits per heavy atom. The van der Waals surface area contributed by atoms with E-state index >= 15 is 0 Å². The number of ether oxygens (including phenoxy) is 6. The Labute approximate surface area is 557 Å². The van der Waals surface area contributed by atoms with Crippen molar-refractivity contribution in [2.75, 3.05) is 120 Å². The number of pyridine rings is 3. The normalized spacial score (nSPS) is 15.5. The summed E-state index contributed by atoms with van der Waals surface area (Å²) in [6.45, 7) is 14.0. The summed E-state index contributed by atoms with van der Waals surface area (Å²) in [5.74, 6) is 19.4. The molecule has 3 aromatic heterocycles. The van der Waals surface area contributed by atoms with Gasteiger partial charge < -0.3 is 47.7 Å². The van der Waals surface area contributed by atoms with Gasteiger partial charge in [-0.15, -0.1) is 0 Å². The molecule has 0 bridgehead atoms. The number of nitrogens with two attached hydrogens (primary N) is 1. The molecule has 4 heterocycles. The van der Waals surface area contributed by atoms with E-state index in [1.54, 1.807) is 132 Å². The Balaban J connectivity index is 1.31. The predicted molar refractivity (Wildman–Crippen MR) is 365 cm³/mol. The Bertz CT molecular complexity index is 3930. The summed E-state index contributed by atoms with van der Waals surface area (Å²) in [5, 5.41) is 0. The largest absolute Gasteiger partial charge is 0.482 e. The van der Waals surface area contributed by atoms with Gasteiger partial charge in [0.1, 0.15) is 33.6 Å². The van der Waals surface area contributed by atoms with Crippen LogP contribution in [0.15, 0.2) is 109 Å². The van der Waals surface area contributed by atoms with Crippen molar-refractivity contribution in [1.82, 2.24) is 29.7 Å². The Morgan fingerprint density at radius 3 is 1.14 bits per heavy atom. The zero-order valence-electron chi connectivity index (χ0n) is 55.4. The number of esters is 3. The molecule has 1 aliphatic heterocycles. The van der Waals surface area contributed by atoms with Crippen molar-refractivity contribution in [2.45, 2.75) is 65.7 Å². The van der Waals surface area contributed by atoms with Crippen molar-refractivity contribution in [3.8, 4) is 52.8 Å². The van der Waals surface area contributed by atoms with Gasteiger partial charge in [-0.05, 0) is 149 Å². The van der Waals surface area contributed by atoms with Crippen LogP contribution in [0.4, 0.5) is 0 Å². The number of benzene rings is 3. The van der Waals surface area contributed by atoms with Crippen LogP contribution in [0.1, 0.15) is 90.5 Å². The quantitative estimate of drug-likeness (QED) is 0.0162. The van der Waals surface area contributed by atoms with Crippen LogP contribution in [-0.2, 0) is 75.5 Å². The lowest BCUT2D eigenvalue weighted by Gasteiger charge is -2.35. The summed E-state index contributed by atoms with van der Waals surface area (Å²) in [4.78, 5) is 57.3. The lowest BCUT2D eigenvalue weighted by atomic mass is 10.1. The Hall–Kier alpha value is -7.99. The second kappa shape index (κ2) is 36.8. The number of rotatable bonds is 28. The molecule has 0 radical (unpaired) electrons. The molecule has 95 heavy (non-hydrogen) atoms. The molecule has 4 unspecified atom stereocenters. The summed E-state index contributed by atoms with van der Waals surface area (Å²) in [6.07, 6.45) is 2.33. The van der Waals surface area contributed by atoms with E-state index < -0.39 is 40.0 Å². The highest BCUT2D eigenvalue weighted by molar-refractivity contribution is 7.66. The third-order valence-corrected chi connectivity index (χ3v) is 20.3. The van der Waals surface area contributed by atoms with Gasteiger partial charge >= 0.3 is 17.9 Å². The average molecular weight is 1360 g/mol. The Morgan fingerprint density at radius 2 is 0.789 bits per heavy atom. The van der Waals surface area contributed by atoms with Gasteiger partial charge in [0, 0.05) is 112 Å². The summed E-state index contributed by atoms with van der Waals surface area (Å²) in [5.41, 5.74) is 12.6. The van der Waals surface area contributed by atoms with E-state index in [4.69, 9.17) is 62.7 Å². The highest BCUT2D eigenvalue weighted by atomic mass is 31.2. The second-order valence-electron chi connectivity index (χ2n) is 22.2. The maximum Gasteiger partial charge on any atom is 0.343 e. The van der Waals surface area contributed by atoms with Crippen molar-refractivity contribution in [2.24, 2.45) is 5.73 Å². The number of carbonyl (C=O) groups is 3. The zero-order chi connectivity index (χ0) is 68.4. The maximum absolute atomic E-state index is 14.4. The van der Waals surface area contributed by atoms with Gasteiger partial charge in [0.25, 0.3) is 0 Å². The van der Waals surface area contributed by atoms with Crippen LogP contribution in [0.3, 0.4) is 0 Å². The van der Waals surface area contributed by atoms with Crippen LogP contribution >= 0.6 is 22.1 Å². The molecule has 1 aliphatic rings. The van der Waals surface area contributed by atoms with E-state index in [2.05, 4.69) is 50.2 Å². The molecule has 0 aliphatic carbocycles. The van der Waals surface area contributed by atoms with E-state index in [9.17, 15) is 28.1 Å². The SMILES string of the molecule is CCOP(C)(=O)c1cc(C#Cc2ccc(OCC(=O)OC)cc2)cc(CN2CCN(Cc3cc(C#Cc4ccc(OCC(=O)OC)cc4)cc(P(C)(=O)OCC)n3)CC(CCCCN)N(Cc3cc(C#Cc4ccc(OCC(=O)OC)cc4)cc(P(C)(=O)OCC)n3)CC2)n1. The summed E-state index contributed by atoms with van der Waals surface area (Å²) in [7, 11) is -6.46. The first-order valence-electron chi connectivity index (χ1n) is 31.2. The van der Waals surface area contributed by atoms with Crippen molar-refractivity contribution in [3.05, 3.63) is 160 Å². The molecule has 25 heteroatoms. The van der Waals surface area contributed by atoms with E-state index in [1.165, 1.54) is 21.3 Å². The summed E-state index contributed by atoms with van der Waals surface area (Å²) >= 11 is 0. The first kappa shape index (κ1) is 74.4. The van der Waals surface area contributed by atoms with Crippen LogP contribution < -0.4 is 36.2 Å². The molecule has 7 rings (SSSR count). The topological polar surface area (TPSA) is 260 Å². The molecule has 2 N–H and O–H groups in total. The van der Waals surface area contributed by atoms with Gasteiger partial charge in [0.2, 0.25) is 22.1 Å². The summed E-state index contributed by atoms with van der Waals surface area (Å²) in [6, 6.07) is 31.7. The minimum atomic E-state index is -3.45. The molecule has 4 atom stereocenters. The van der Waals surface area contributed by atoms with E-state index in [0.29, 0.717) is 127 Å². The number of unbranched alkanes of at least 4 members (excludes halogenated alkanes) is 1. The molecule has 22 nitrogen and oxygen atoms in total. The van der Waals surface area contributed by atoms with Crippen molar-refractivity contribution in [3.63, 3.8) is 0 Å². The molecule has 1 saturated heterocycles. The molecule has 0 saturated carbocycles. The standard InChI is InChI=1S/C70H84N7O15P3/c1-10-90-93(7,81)65-42-55(19-16-52-22-28-62(29-23-52)87-49-68(78)84-4)39-58(72-65)45-75-35-36-76(46-59-40-56(43-66(73-59)94(8,82)91-11-2)20-17-53-24-30-63(31-25-53)88-50-69(79)85-5)48-61(15-13-14-34-71)77(38-37-75)47-60-41-57(44-67(74-60)95(9,83)92-12-3)21-18-54-26-32-64(33-27-54)89-51-70(80)86-6/h22-33,39-44,61H,10-15,34-38,45-51,71H2,1-9H3. The molecule has 6 aromatic rings. The monoisotopic (exact) mass is 1360 g/mol. The number of carbonyl (C=O) groups excluding carboxylic acids is 3. The van der Waals surface area contributed by atoms with E-state index in [-0.39, 0.29) is 62.0 Å². The highest BCUT2D eigenvalue weighted by Gasteiger charge is 2.30. The number of nitrogens with zero attached hydrogens (tertiary/aromatic N) is 6. The van der Waals surface area contributed by atoms with Crippen molar-refractivity contribution < 1.29 is 70.1 Å². The predicted octanol–water partition coefficient (Wildman–Crippen LogP) is 7.75. The lowest BCUT2D eigenvalue weighted by Crippen LogP contribution is -2.45. The van der Waals surface area contributed by atoms with Crippen LogP contribution in [0.5, 0.6) is 17.2 Å². The first-order valence-corrected chi connectivity index (χ1v) is 37.4. The number of aromatic nitrogens is 3. The molecule has 1 fully saturated rings. The highest BCUT2D eigenvalue weighted by Crippen LogP contribution is 2.42. The molecule has 0 amide bonds. The van der Waals surface area contributed by atoms with Crippen LogP contribution in [0.2, 0.25) is 0 Å². The fourth-order valence-electron chi connectivity index (χ4n) is 10.0. The molecule has 504 valence electrons.